The molecule has 0 spiro atoms. The summed E-state index contributed by atoms with van der Waals surface area (Å²) in [5.41, 5.74) is 4.03. The third-order valence-electron chi connectivity index (χ3n) is 7.41. The Morgan fingerprint density at radius 1 is 1.11 bits per heavy atom. The van der Waals surface area contributed by atoms with Crippen molar-refractivity contribution >= 4 is 33.9 Å². The Hall–Kier alpha value is -3.23. The number of hydrogen-bond donors (Lipinski definition) is 1. The third-order valence-corrected chi connectivity index (χ3v) is 7.41. The van der Waals surface area contributed by atoms with Crippen molar-refractivity contribution in [3.63, 3.8) is 0 Å². The Morgan fingerprint density at radius 3 is 2.59 bits per heavy atom. The highest BCUT2D eigenvalue weighted by Gasteiger charge is 2.22. The molecule has 1 saturated heterocycles. The van der Waals surface area contributed by atoms with Gasteiger partial charge in [-0.25, -0.2) is 9.37 Å². The predicted octanol–water partition coefficient (Wildman–Crippen LogP) is 4.46. The van der Waals surface area contributed by atoms with Gasteiger partial charge in [-0.1, -0.05) is 26.0 Å². The van der Waals surface area contributed by atoms with Crippen molar-refractivity contribution < 1.29 is 9.13 Å². The van der Waals surface area contributed by atoms with Gasteiger partial charge in [0.1, 0.15) is 11.6 Å². The number of benzene rings is 2. The van der Waals surface area contributed by atoms with Crippen LogP contribution in [0.3, 0.4) is 0 Å². The number of morpholine rings is 1. The van der Waals surface area contributed by atoms with Gasteiger partial charge in [-0.15, -0.1) is 0 Å². The molecule has 2 aromatic carbocycles. The number of ether oxygens (including phenoxy) is 1. The zero-order valence-electron chi connectivity index (χ0n) is 21.8. The van der Waals surface area contributed by atoms with E-state index in [0.29, 0.717) is 35.5 Å². The van der Waals surface area contributed by atoms with Crippen LogP contribution in [0.1, 0.15) is 38.1 Å². The molecule has 0 radical (unpaired) electrons. The summed E-state index contributed by atoms with van der Waals surface area (Å²) in [6.45, 7) is 11.8. The molecule has 7 nitrogen and oxygen atoms in total. The first kappa shape index (κ1) is 25.4. The van der Waals surface area contributed by atoms with Crippen molar-refractivity contribution in [3.05, 3.63) is 64.0 Å². The number of nitrogens with zero attached hydrogens (tertiary/aromatic N) is 4. The standard InChI is InChI=1S/C29H36FN5O2/c1-3-33(4-2)12-5-11-31-27-20-26-24(19-25(27)30)29(36)35-13-10-22(28(35)32-26)18-21-6-8-23(9-7-21)34-14-16-37-17-15-34/h6-9,18-20,31H,3-5,10-17H2,1-2H3/b22-18+. The maximum Gasteiger partial charge on any atom is 0.261 e. The van der Waals surface area contributed by atoms with E-state index in [0.717, 1.165) is 69.9 Å². The van der Waals surface area contributed by atoms with E-state index >= 15 is 0 Å². The van der Waals surface area contributed by atoms with Gasteiger partial charge < -0.3 is 19.9 Å². The lowest BCUT2D eigenvalue weighted by molar-refractivity contribution is 0.122. The number of rotatable bonds is 9. The van der Waals surface area contributed by atoms with Crippen LogP contribution in [0, 0.1) is 5.82 Å². The van der Waals surface area contributed by atoms with Crippen LogP contribution in [0.4, 0.5) is 15.8 Å². The van der Waals surface area contributed by atoms with Gasteiger partial charge in [0.25, 0.3) is 5.56 Å². The second-order valence-electron chi connectivity index (χ2n) is 9.66. The number of aromatic nitrogens is 2. The van der Waals surface area contributed by atoms with Crippen LogP contribution in [-0.4, -0.2) is 66.9 Å². The molecule has 1 aromatic heterocycles. The molecule has 0 bridgehead atoms. The number of anilines is 2. The highest BCUT2D eigenvalue weighted by molar-refractivity contribution is 5.86. The van der Waals surface area contributed by atoms with E-state index in [1.165, 1.54) is 11.8 Å². The van der Waals surface area contributed by atoms with E-state index in [4.69, 9.17) is 9.72 Å². The molecule has 0 unspecified atom stereocenters. The summed E-state index contributed by atoms with van der Waals surface area (Å²) in [6.07, 6.45) is 3.75. The summed E-state index contributed by atoms with van der Waals surface area (Å²) in [7, 11) is 0. The van der Waals surface area contributed by atoms with E-state index in [-0.39, 0.29) is 5.56 Å². The van der Waals surface area contributed by atoms with Gasteiger partial charge >= 0.3 is 0 Å². The van der Waals surface area contributed by atoms with Gasteiger partial charge in [-0.2, -0.15) is 0 Å². The van der Waals surface area contributed by atoms with Crippen molar-refractivity contribution in [3.8, 4) is 0 Å². The molecule has 8 heteroatoms. The first-order valence-corrected chi connectivity index (χ1v) is 13.4. The molecule has 2 aliphatic rings. The summed E-state index contributed by atoms with van der Waals surface area (Å²) < 4.78 is 22.0. The highest BCUT2D eigenvalue weighted by Crippen LogP contribution is 2.29. The molecule has 5 rings (SSSR count). The topological polar surface area (TPSA) is 62.6 Å². The van der Waals surface area contributed by atoms with Gasteiger partial charge in [0.05, 0.1) is 29.8 Å². The first-order valence-electron chi connectivity index (χ1n) is 13.4. The molecule has 0 aliphatic carbocycles. The normalized spacial score (nSPS) is 16.6. The summed E-state index contributed by atoms with van der Waals surface area (Å²) in [6, 6.07) is 11.5. The van der Waals surface area contributed by atoms with Crippen LogP contribution in [0.25, 0.3) is 22.6 Å². The lowest BCUT2D eigenvalue weighted by Gasteiger charge is -2.28. The Kier molecular flexibility index (Phi) is 7.86. The van der Waals surface area contributed by atoms with E-state index in [2.05, 4.69) is 59.3 Å². The smallest absolute Gasteiger partial charge is 0.261 e. The van der Waals surface area contributed by atoms with E-state index in [1.807, 2.05) is 0 Å². The minimum absolute atomic E-state index is 0.182. The average Bonchev–Trinajstić information content (AvgIpc) is 3.33. The minimum Gasteiger partial charge on any atom is -0.383 e. The van der Waals surface area contributed by atoms with Crippen molar-refractivity contribution in [1.82, 2.24) is 14.5 Å². The Balaban J connectivity index is 1.36. The molecule has 1 fully saturated rings. The van der Waals surface area contributed by atoms with E-state index in [1.54, 1.807) is 10.6 Å². The second kappa shape index (κ2) is 11.4. The first-order chi connectivity index (χ1) is 18.1. The molecule has 196 valence electrons. The number of fused-ring (bicyclic) bond motifs is 2. The molecule has 0 amide bonds. The van der Waals surface area contributed by atoms with Crippen LogP contribution in [0.5, 0.6) is 0 Å². The molecule has 0 atom stereocenters. The van der Waals surface area contributed by atoms with Crippen LogP contribution in [0.15, 0.2) is 41.2 Å². The van der Waals surface area contributed by atoms with Crippen LogP contribution >= 0.6 is 0 Å². The Bertz CT molecular complexity index is 1320. The lowest BCUT2D eigenvalue weighted by Crippen LogP contribution is -2.36. The van der Waals surface area contributed by atoms with Gasteiger partial charge in [-0.05, 0) is 74.0 Å². The molecular weight excluding hydrogens is 469 g/mol. The second-order valence-corrected chi connectivity index (χ2v) is 9.66. The molecule has 3 aromatic rings. The summed E-state index contributed by atoms with van der Waals surface area (Å²) in [4.78, 5) is 22.7. The minimum atomic E-state index is -0.413. The fourth-order valence-corrected chi connectivity index (χ4v) is 5.18. The molecule has 37 heavy (non-hydrogen) atoms. The molecule has 0 saturated carbocycles. The van der Waals surface area contributed by atoms with Crippen molar-refractivity contribution in [1.29, 1.82) is 0 Å². The summed E-state index contributed by atoms with van der Waals surface area (Å²) in [5.74, 6) is 0.262. The number of hydrogen-bond acceptors (Lipinski definition) is 6. The average molecular weight is 506 g/mol. The quantitative estimate of drug-likeness (QED) is 0.434. The van der Waals surface area contributed by atoms with Gasteiger partial charge in [-0.3, -0.25) is 9.36 Å². The fraction of sp³-hybridized carbons (Fsp3) is 0.448. The van der Waals surface area contributed by atoms with Crippen molar-refractivity contribution in [2.45, 2.75) is 33.2 Å². The lowest BCUT2D eigenvalue weighted by atomic mass is 10.1. The van der Waals surface area contributed by atoms with Crippen molar-refractivity contribution in [2.75, 3.05) is 62.7 Å². The monoisotopic (exact) mass is 505 g/mol. The number of nitrogens with one attached hydrogen (secondary N) is 1. The Morgan fingerprint density at radius 2 is 1.86 bits per heavy atom. The predicted molar refractivity (Wildman–Crippen MR) is 149 cm³/mol. The zero-order valence-corrected chi connectivity index (χ0v) is 21.8. The molecule has 1 N–H and O–H groups in total. The van der Waals surface area contributed by atoms with Crippen LogP contribution in [-0.2, 0) is 11.3 Å². The maximum atomic E-state index is 14.8. The van der Waals surface area contributed by atoms with Crippen LogP contribution < -0.4 is 15.8 Å². The van der Waals surface area contributed by atoms with Gasteiger partial charge in [0.2, 0.25) is 0 Å². The van der Waals surface area contributed by atoms with Crippen LogP contribution in [0.2, 0.25) is 0 Å². The highest BCUT2D eigenvalue weighted by atomic mass is 19.1. The third kappa shape index (κ3) is 5.55. The number of halogens is 1. The zero-order chi connectivity index (χ0) is 25.8. The maximum absolute atomic E-state index is 14.8. The molecule has 3 heterocycles. The fourth-order valence-electron chi connectivity index (χ4n) is 5.18. The number of allylic oxidation sites excluding steroid dienone is 1. The van der Waals surface area contributed by atoms with E-state index < -0.39 is 5.82 Å². The molecule has 2 aliphatic heterocycles. The summed E-state index contributed by atoms with van der Waals surface area (Å²) in [5, 5.41) is 3.53. The molecular formula is C29H36FN5O2. The Labute approximate surface area is 217 Å². The SMILES string of the molecule is CCN(CC)CCCNc1cc2nc3n(c(=O)c2cc1F)CC/C3=C\c1ccc(N2CCOCC2)cc1. The van der Waals surface area contributed by atoms with Crippen molar-refractivity contribution in [2.24, 2.45) is 0 Å². The van der Waals surface area contributed by atoms with E-state index in [9.17, 15) is 9.18 Å². The van der Waals surface area contributed by atoms with Gasteiger partial charge in [0, 0.05) is 31.9 Å². The largest absolute Gasteiger partial charge is 0.383 e. The summed E-state index contributed by atoms with van der Waals surface area (Å²) >= 11 is 0. The van der Waals surface area contributed by atoms with Gasteiger partial charge in [0.15, 0.2) is 0 Å².